The van der Waals surface area contributed by atoms with Gasteiger partial charge in [-0.25, -0.2) is 0 Å². The van der Waals surface area contributed by atoms with Gasteiger partial charge in [-0.3, -0.25) is 9.69 Å². The third-order valence-electron chi connectivity index (χ3n) is 5.68. The average Bonchev–Trinajstić information content (AvgIpc) is 2.57. The van der Waals surface area contributed by atoms with Crippen molar-refractivity contribution >= 4 is 5.91 Å². The zero-order valence-corrected chi connectivity index (χ0v) is 14.0. The van der Waals surface area contributed by atoms with E-state index >= 15 is 0 Å². The van der Waals surface area contributed by atoms with Crippen molar-refractivity contribution in [3.63, 3.8) is 0 Å². The molecule has 126 valence electrons. The minimum Gasteiger partial charge on any atom is -0.379 e. The molecule has 4 heteroatoms. The Morgan fingerprint density at radius 3 is 2.41 bits per heavy atom. The van der Waals surface area contributed by atoms with E-state index in [1.807, 2.05) is 0 Å². The van der Waals surface area contributed by atoms with E-state index in [4.69, 9.17) is 4.74 Å². The molecule has 1 atom stereocenters. The maximum atomic E-state index is 12.6. The number of carbonyl (C=O) groups is 1. The van der Waals surface area contributed by atoms with E-state index in [1.165, 1.54) is 44.9 Å². The number of morpholine rings is 1. The fraction of sp³-hybridized carbons (Fsp3) is 0.944. The van der Waals surface area contributed by atoms with Crippen LogP contribution in [-0.2, 0) is 9.53 Å². The molecular weight excluding hydrogens is 276 g/mol. The molecular formula is C18H32N2O2. The van der Waals surface area contributed by atoms with E-state index in [1.54, 1.807) is 0 Å². The van der Waals surface area contributed by atoms with Crippen LogP contribution in [0.5, 0.6) is 0 Å². The van der Waals surface area contributed by atoms with Crippen LogP contribution >= 0.6 is 0 Å². The van der Waals surface area contributed by atoms with E-state index in [0.29, 0.717) is 17.7 Å². The summed E-state index contributed by atoms with van der Waals surface area (Å²) in [5, 5.41) is 0. The molecule has 1 aliphatic carbocycles. The molecule has 0 radical (unpaired) electrons. The van der Waals surface area contributed by atoms with Gasteiger partial charge < -0.3 is 9.64 Å². The van der Waals surface area contributed by atoms with Gasteiger partial charge in [-0.1, -0.05) is 19.3 Å². The first-order valence-corrected chi connectivity index (χ1v) is 9.39. The third kappa shape index (κ3) is 4.69. The Morgan fingerprint density at radius 2 is 1.64 bits per heavy atom. The number of nitrogens with zero attached hydrogens (tertiary/aromatic N) is 2. The van der Waals surface area contributed by atoms with Gasteiger partial charge in [0.2, 0.25) is 5.91 Å². The SMILES string of the molecule is O=C(CC1CCCCC1)N1CCCC(CN2CCOCC2)C1. The van der Waals surface area contributed by atoms with Crippen molar-refractivity contribution in [3.05, 3.63) is 0 Å². The van der Waals surface area contributed by atoms with Gasteiger partial charge in [-0.2, -0.15) is 0 Å². The summed E-state index contributed by atoms with van der Waals surface area (Å²) in [5.74, 6) is 1.77. The van der Waals surface area contributed by atoms with Gasteiger partial charge >= 0.3 is 0 Å². The van der Waals surface area contributed by atoms with E-state index in [9.17, 15) is 4.79 Å². The standard InChI is InChI=1S/C18H32N2O2/c21-18(13-16-5-2-1-3-6-16)20-8-4-7-17(15-20)14-19-9-11-22-12-10-19/h16-17H,1-15H2. The highest BCUT2D eigenvalue weighted by Crippen LogP contribution is 2.28. The van der Waals surface area contributed by atoms with Gasteiger partial charge in [-0.05, 0) is 37.5 Å². The van der Waals surface area contributed by atoms with Crippen molar-refractivity contribution in [1.82, 2.24) is 9.80 Å². The summed E-state index contributed by atoms with van der Waals surface area (Å²) < 4.78 is 5.43. The van der Waals surface area contributed by atoms with Gasteiger partial charge in [0.25, 0.3) is 0 Å². The van der Waals surface area contributed by atoms with Crippen LogP contribution in [0.2, 0.25) is 0 Å². The van der Waals surface area contributed by atoms with Gasteiger partial charge in [-0.15, -0.1) is 0 Å². The Kier molecular flexibility index (Phi) is 6.13. The summed E-state index contributed by atoms with van der Waals surface area (Å²) in [7, 11) is 0. The summed E-state index contributed by atoms with van der Waals surface area (Å²) in [6, 6.07) is 0. The molecule has 3 aliphatic rings. The summed E-state index contributed by atoms with van der Waals surface area (Å²) in [6.07, 6.45) is 9.86. The minimum absolute atomic E-state index is 0.429. The van der Waals surface area contributed by atoms with Crippen LogP contribution in [0.1, 0.15) is 51.4 Å². The van der Waals surface area contributed by atoms with Crippen LogP contribution in [0.25, 0.3) is 0 Å². The Labute approximate surface area is 135 Å². The number of ether oxygens (including phenoxy) is 1. The molecule has 2 aliphatic heterocycles. The van der Waals surface area contributed by atoms with Crippen molar-refractivity contribution in [1.29, 1.82) is 0 Å². The molecule has 1 saturated carbocycles. The molecule has 22 heavy (non-hydrogen) atoms. The lowest BCUT2D eigenvalue weighted by Gasteiger charge is -2.37. The number of carbonyl (C=O) groups excluding carboxylic acids is 1. The lowest BCUT2D eigenvalue weighted by molar-refractivity contribution is -0.134. The molecule has 1 unspecified atom stereocenters. The molecule has 0 aromatic heterocycles. The first-order valence-electron chi connectivity index (χ1n) is 9.39. The van der Waals surface area contributed by atoms with Crippen LogP contribution in [0, 0.1) is 11.8 Å². The van der Waals surface area contributed by atoms with Crippen molar-refractivity contribution < 1.29 is 9.53 Å². The molecule has 2 heterocycles. The predicted molar refractivity (Wildman–Crippen MR) is 87.8 cm³/mol. The Bertz CT molecular complexity index is 349. The van der Waals surface area contributed by atoms with E-state index in [0.717, 1.165) is 52.4 Å². The van der Waals surface area contributed by atoms with Crippen LogP contribution < -0.4 is 0 Å². The van der Waals surface area contributed by atoms with Crippen molar-refractivity contribution in [3.8, 4) is 0 Å². The molecule has 0 aromatic carbocycles. The van der Waals surface area contributed by atoms with Crippen LogP contribution in [0.4, 0.5) is 0 Å². The number of rotatable bonds is 4. The first kappa shape index (κ1) is 16.3. The van der Waals surface area contributed by atoms with Crippen molar-refractivity contribution in [2.24, 2.45) is 11.8 Å². The zero-order valence-electron chi connectivity index (χ0n) is 14.0. The van der Waals surface area contributed by atoms with Gasteiger partial charge in [0.15, 0.2) is 0 Å². The molecule has 1 amide bonds. The van der Waals surface area contributed by atoms with E-state index < -0.39 is 0 Å². The molecule has 0 bridgehead atoms. The highest BCUT2D eigenvalue weighted by Gasteiger charge is 2.27. The quantitative estimate of drug-likeness (QED) is 0.800. The molecule has 2 saturated heterocycles. The van der Waals surface area contributed by atoms with E-state index in [-0.39, 0.29) is 0 Å². The highest BCUT2D eigenvalue weighted by molar-refractivity contribution is 5.76. The van der Waals surface area contributed by atoms with Gasteiger partial charge in [0.05, 0.1) is 13.2 Å². The van der Waals surface area contributed by atoms with Crippen LogP contribution in [0.3, 0.4) is 0 Å². The maximum absolute atomic E-state index is 12.6. The second-order valence-corrected chi connectivity index (χ2v) is 7.47. The average molecular weight is 308 g/mol. The Hall–Kier alpha value is -0.610. The molecule has 4 nitrogen and oxygen atoms in total. The second kappa shape index (κ2) is 8.30. The van der Waals surface area contributed by atoms with Gasteiger partial charge in [0, 0.05) is 39.1 Å². The third-order valence-corrected chi connectivity index (χ3v) is 5.68. The molecule has 0 N–H and O–H groups in total. The minimum atomic E-state index is 0.429. The normalized spacial score (nSPS) is 28.7. The van der Waals surface area contributed by atoms with E-state index in [2.05, 4.69) is 9.80 Å². The number of amides is 1. The summed E-state index contributed by atoms with van der Waals surface area (Å²) in [6.45, 7) is 7.00. The first-order chi connectivity index (χ1) is 10.8. The smallest absolute Gasteiger partial charge is 0.222 e. The predicted octanol–water partition coefficient (Wildman–Crippen LogP) is 2.53. The zero-order chi connectivity index (χ0) is 15.2. The van der Waals surface area contributed by atoms with Crippen molar-refractivity contribution in [2.45, 2.75) is 51.4 Å². The molecule has 0 aromatic rings. The number of hydrogen-bond donors (Lipinski definition) is 0. The number of hydrogen-bond acceptors (Lipinski definition) is 3. The topological polar surface area (TPSA) is 32.8 Å². The maximum Gasteiger partial charge on any atom is 0.222 e. The fourth-order valence-electron chi connectivity index (χ4n) is 4.36. The lowest BCUT2D eigenvalue weighted by atomic mass is 9.86. The van der Waals surface area contributed by atoms with Crippen LogP contribution in [0.15, 0.2) is 0 Å². The summed E-state index contributed by atoms with van der Waals surface area (Å²) in [4.78, 5) is 17.3. The molecule has 3 rings (SSSR count). The Balaban J connectivity index is 1.43. The number of piperidine rings is 1. The second-order valence-electron chi connectivity index (χ2n) is 7.47. The number of likely N-dealkylation sites (tertiary alicyclic amines) is 1. The largest absolute Gasteiger partial charge is 0.379 e. The van der Waals surface area contributed by atoms with Crippen molar-refractivity contribution in [2.75, 3.05) is 45.9 Å². The monoisotopic (exact) mass is 308 g/mol. The van der Waals surface area contributed by atoms with Crippen LogP contribution in [-0.4, -0.2) is 61.6 Å². The molecule has 3 fully saturated rings. The molecule has 0 spiro atoms. The summed E-state index contributed by atoms with van der Waals surface area (Å²) in [5.41, 5.74) is 0. The van der Waals surface area contributed by atoms with Gasteiger partial charge in [0.1, 0.15) is 0 Å². The summed E-state index contributed by atoms with van der Waals surface area (Å²) >= 11 is 0. The fourth-order valence-corrected chi connectivity index (χ4v) is 4.36. The Morgan fingerprint density at radius 1 is 0.909 bits per heavy atom. The highest BCUT2D eigenvalue weighted by atomic mass is 16.5. The lowest BCUT2D eigenvalue weighted by Crippen LogP contribution is -2.46.